The molecule has 0 radical (unpaired) electrons. The lowest BCUT2D eigenvalue weighted by atomic mass is 10.2. The van der Waals surface area contributed by atoms with Crippen LogP contribution < -0.4 is 10.1 Å². The number of aromatic nitrogens is 3. The van der Waals surface area contributed by atoms with E-state index in [9.17, 15) is 9.18 Å². The topological polar surface area (TPSA) is 69.0 Å². The van der Waals surface area contributed by atoms with E-state index in [1.165, 1.54) is 23.9 Å². The number of ether oxygens (including phenoxy) is 1. The van der Waals surface area contributed by atoms with Crippen LogP contribution in [-0.4, -0.2) is 26.4 Å². The predicted octanol–water partition coefficient (Wildman–Crippen LogP) is 4.70. The molecule has 1 heterocycles. The van der Waals surface area contributed by atoms with Gasteiger partial charge in [0.15, 0.2) is 11.0 Å². The number of carbonyl (C=O) groups excluding carboxylic acids is 1. The number of hydrogen-bond donors (Lipinski definition) is 1. The Bertz CT molecular complexity index is 1210. The highest BCUT2D eigenvalue weighted by molar-refractivity contribution is 7.99. The van der Waals surface area contributed by atoms with Crippen molar-refractivity contribution in [1.82, 2.24) is 20.1 Å². The van der Waals surface area contributed by atoms with Gasteiger partial charge in [0.25, 0.3) is 0 Å². The van der Waals surface area contributed by atoms with Gasteiger partial charge in [-0.15, -0.1) is 10.2 Å². The number of thioether (sulfide) groups is 1. The summed E-state index contributed by atoms with van der Waals surface area (Å²) in [5, 5.41) is 12.1. The Morgan fingerprint density at radius 3 is 2.48 bits per heavy atom. The second-order valence-electron chi connectivity index (χ2n) is 7.32. The van der Waals surface area contributed by atoms with Gasteiger partial charge in [-0.25, -0.2) is 4.39 Å². The van der Waals surface area contributed by atoms with Crippen LogP contribution in [0.1, 0.15) is 17.0 Å². The van der Waals surface area contributed by atoms with Gasteiger partial charge in [-0.05, 0) is 48.4 Å². The van der Waals surface area contributed by atoms with Gasteiger partial charge in [0.2, 0.25) is 5.91 Å². The molecule has 0 fully saturated rings. The monoisotopic (exact) mass is 462 g/mol. The van der Waals surface area contributed by atoms with Gasteiger partial charge in [-0.1, -0.05) is 60.3 Å². The minimum atomic E-state index is -0.303. The molecule has 33 heavy (non-hydrogen) atoms. The molecule has 1 amide bonds. The van der Waals surface area contributed by atoms with Gasteiger partial charge < -0.3 is 10.1 Å². The average Bonchev–Trinajstić information content (AvgIpc) is 3.25. The minimum absolute atomic E-state index is 0.148. The van der Waals surface area contributed by atoms with Crippen molar-refractivity contribution in [2.75, 3.05) is 5.75 Å². The van der Waals surface area contributed by atoms with Crippen LogP contribution in [0.3, 0.4) is 0 Å². The van der Waals surface area contributed by atoms with E-state index >= 15 is 0 Å². The first-order valence-corrected chi connectivity index (χ1v) is 11.4. The molecule has 0 saturated heterocycles. The van der Waals surface area contributed by atoms with Gasteiger partial charge in [-0.2, -0.15) is 0 Å². The lowest BCUT2D eigenvalue weighted by Crippen LogP contribution is -2.24. The van der Waals surface area contributed by atoms with Gasteiger partial charge in [-0.3, -0.25) is 9.36 Å². The molecular weight excluding hydrogens is 439 g/mol. The number of carbonyl (C=O) groups is 1. The number of nitrogens with one attached hydrogen (secondary N) is 1. The van der Waals surface area contributed by atoms with Crippen LogP contribution >= 0.6 is 11.8 Å². The maximum Gasteiger partial charge on any atom is 0.230 e. The summed E-state index contributed by atoms with van der Waals surface area (Å²) in [6.45, 7) is 2.56. The minimum Gasteiger partial charge on any atom is -0.485 e. The van der Waals surface area contributed by atoms with E-state index in [0.717, 1.165) is 22.6 Å². The Labute approximate surface area is 195 Å². The lowest BCUT2D eigenvalue weighted by Gasteiger charge is -2.12. The van der Waals surface area contributed by atoms with Crippen LogP contribution in [0.25, 0.3) is 5.69 Å². The number of para-hydroxylation sites is 2. The van der Waals surface area contributed by atoms with Crippen molar-refractivity contribution in [3.63, 3.8) is 0 Å². The van der Waals surface area contributed by atoms with Crippen LogP contribution in [0, 0.1) is 12.7 Å². The molecule has 0 spiro atoms. The first-order valence-electron chi connectivity index (χ1n) is 10.4. The average molecular weight is 463 g/mol. The molecule has 0 bridgehead atoms. The number of amides is 1. The van der Waals surface area contributed by atoms with Crippen molar-refractivity contribution >= 4 is 17.7 Å². The second kappa shape index (κ2) is 10.8. The fourth-order valence-electron chi connectivity index (χ4n) is 3.17. The number of aryl methyl sites for hydroxylation is 1. The molecule has 4 rings (SSSR count). The van der Waals surface area contributed by atoms with Crippen molar-refractivity contribution in [3.8, 4) is 11.4 Å². The van der Waals surface area contributed by atoms with Gasteiger partial charge in [0.1, 0.15) is 18.2 Å². The summed E-state index contributed by atoms with van der Waals surface area (Å²) < 4.78 is 20.9. The van der Waals surface area contributed by atoms with Crippen LogP contribution in [0.4, 0.5) is 4.39 Å². The Balaban J connectivity index is 1.44. The lowest BCUT2D eigenvalue weighted by molar-refractivity contribution is -0.118. The Morgan fingerprint density at radius 2 is 1.73 bits per heavy atom. The summed E-state index contributed by atoms with van der Waals surface area (Å²) in [6, 6.07) is 23.6. The summed E-state index contributed by atoms with van der Waals surface area (Å²) in [4.78, 5) is 12.4. The third-order valence-electron chi connectivity index (χ3n) is 4.90. The maximum atomic E-state index is 13.0. The van der Waals surface area contributed by atoms with Crippen molar-refractivity contribution in [2.45, 2.75) is 25.2 Å². The van der Waals surface area contributed by atoms with Crippen molar-refractivity contribution < 1.29 is 13.9 Å². The zero-order chi connectivity index (χ0) is 23.0. The quantitative estimate of drug-likeness (QED) is 0.365. The van der Waals surface area contributed by atoms with E-state index < -0.39 is 0 Å². The first kappa shape index (κ1) is 22.5. The number of benzene rings is 3. The third kappa shape index (κ3) is 5.98. The fraction of sp³-hybridized carbons (Fsp3) is 0.160. The van der Waals surface area contributed by atoms with E-state index in [1.807, 2.05) is 66.1 Å². The van der Waals surface area contributed by atoms with Crippen LogP contribution in [-0.2, 0) is 17.9 Å². The molecule has 0 atom stereocenters. The highest BCUT2D eigenvalue weighted by atomic mass is 32.2. The van der Waals surface area contributed by atoms with E-state index in [-0.39, 0.29) is 24.1 Å². The maximum absolute atomic E-state index is 13.0. The predicted molar refractivity (Wildman–Crippen MR) is 126 cm³/mol. The molecule has 1 aromatic heterocycles. The molecule has 8 heteroatoms. The van der Waals surface area contributed by atoms with Crippen LogP contribution in [0.15, 0.2) is 84.0 Å². The Hall–Kier alpha value is -3.65. The molecule has 0 saturated carbocycles. The number of rotatable bonds is 9. The highest BCUT2D eigenvalue weighted by Gasteiger charge is 2.16. The number of halogens is 1. The van der Waals surface area contributed by atoms with Crippen molar-refractivity contribution in [2.24, 2.45) is 0 Å². The Kier molecular flexibility index (Phi) is 7.36. The summed E-state index contributed by atoms with van der Waals surface area (Å²) in [7, 11) is 0. The Morgan fingerprint density at radius 1 is 1.00 bits per heavy atom. The zero-order valence-electron chi connectivity index (χ0n) is 18.1. The summed E-state index contributed by atoms with van der Waals surface area (Å²) in [5.74, 6) is 1.14. The molecule has 0 aliphatic carbocycles. The van der Waals surface area contributed by atoms with Crippen molar-refractivity contribution in [1.29, 1.82) is 0 Å². The van der Waals surface area contributed by atoms with E-state index in [1.54, 1.807) is 12.1 Å². The van der Waals surface area contributed by atoms with E-state index in [0.29, 0.717) is 17.5 Å². The second-order valence-corrected chi connectivity index (χ2v) is 8.26. The molecule has 6 nitrogen and oxygen atoms in total. The van der Waals surface area contributed by atoms with Crippen LogP contribution in [0.5, 0.6) is 5.75 Å². The van der Waals surface area contributed by atoms with E-state index in [4.69, 9.17) is 4.74 Å². The summed E-state index contributed by atoms with van der Waals surface area (Å²) >= 11 is 1.29. The number of nitrogens with zero attached hydrogens (tertiary/aromatic N) is 3. The van der Waals surface area contributed by atoms with E-state index in [2.05, 4.69) is 15.5 Å². The van der Waals surface area contributed by atoms with Gasteiger partial charge in [0, 0.05) is 12.2 Å². The fourth-order valence-corrected chi connectivity index (χ4v) is 3.97. The zero-order valence-corrected chi connectivity index (χ0v) is 18.9. The third-order valence-corrected chi connectivity index (χ3v) is 5.83. The van der Waals surface area contributed by atoms with Gasteiger partial charge in [0.05, 0.1) is 5.75 Å². The SMILES string of the molecule is Cc1ccccc1OCc1nnc(SCC(=O)NCc2ccc(F)cc2)n1-c1ccccc1. The molecule has 0 aliphatic heterocycles. The number of hydrogen-bond acceptors (Lipinski definition) is 5. The van der Waals surface area contributed by atoms with Crippen LogP contribution in [0.2, 0.25) is 0 Å². The van der Waals surface area contributed by atoms with Crippen molar-refractivity contribution in [3.05, 3.63) is 102 Å². The highest BCUT2D eigenvalue weighted by Crippen LogP contribution is 2.24. The summed E-state index contributed by atoms with van der Waals surface area (Å²) in [6.07, 6.45) is 0. The normalized spacial score (nSPS) is 10.7. The molecular formula is C25H23FN4O2S. The molecule has 0 aliphatic rings. The molecule has 1 N–H and O–H groups in total. The molecule has 4 aromatic rings. The summed E-state index contributed by atoms with van der Waals surface area (Å²) in [5.41, 5.74) is 2.76. The smallest absolute Gasteiger partial charge is 0.230 e. The standard InChI is InChI=1S/C25H23FN4O2S/c1-18-7-5-6-10-22(18)32-16-23-28-29-25(30(23)21-8-3-2-4-9-21)33-17-24(31)27-15-19-11-13-20(26)14-12-19/h2-14H,15-17H2,1H3,(H,27,31). The largest absolute Gasteiger partial charge is 0.485 e. The molecule has 168 valence electrons. The molecule has 0 unspecified atom stereocenters. The molecule has 3 aromatic carbocycles. The first-order chi connectivity index (χ1) is 16.1. The van der Waals surface area contributed by atoms with Gasteiger partial charge >= 0.3 is 0 Å².